The van der Waals surface area contributed by atoms with E-state index in [0.29, 0.717) is 17.1 Å². The van der Waals surface area contributed by atoms with Crippen LogP contribution in [0.25, 0.3) is 0 Å². The van der Waals surface area contributed by atoms with Gasteiger partial charge < -0.3 is 5.11 Å². The summed E-state index contributed by atoms with van der Waals surface area (Å²) in [7, 11) is -3.59. The maximum absolute atomic E-state index is 12.3. The highest BCUT2D eigenvalue weighted by molar-refractivity contribution is 7.91. The number of aryl methyl sites for hydroxylation is 2. The molecule has 0 amide bonds. The Hall–Kier alpha value is -0.990. The van der Waals surface area contributed by atoms with E-state index in [-0.39, 0.29) is 17.3 Å². The Balaban J connectivity index is 2.28. The van der Waals surface area contributed by atoms with Crippen molar-refractivity contribution < 1.29 is 18.3 Å². The van der Waals surface area contributed by atoms with Gasteiger partial charge in [0.2, 0.25) is 0 Å². The van der Waals surface area contributed by atoms with Gasteiger partial charge in [0.15, 0.2) is 4.21 Å². The fourth-order valence-electron chi connectivity index (χ4n) is 2.02. The molecule has 6 nitrogen and oxygen atoms in total. The van der Waals surface area contributed by atoms with Gasteiger partial charge in [-0.1, -0.05) is 0 Å². The number of carbonyl (C=O) groups is 1. The van der Waals surface area contributed by atoms with E-state index >= 15 is 0 Å². The van der Waals surface area contributed by atoms with E-state index in [1.165, 1.54) is 4.31 Å². The molecule has 0 aromatic carbocycles. The molecule has 2 rings (SSSR count). The lowest BCUT2D eigenvalue weighted by atomic mass is 10.1. The topological polar surface area (TPSA) is 87.6 Å². The molecule has 0 radical (unpaired) electrons. The van der Waals surface area contributed by atoms with Crippen molar-refractivity contribution in [3.8, 4) is 0 Å². The van der Waals surface area contributed by atoms with Crippen molar-refractivity contribution >= 4 is 27.3 Å². The highest BCUT2D eigenvalue weighted by Gasteiger charge is 2.37. The van der Waals surface area contributed by atoms with E-state index < -0.39 is 21.9 Å². The summed E-state index contributed by atoms with van der Waals surface area (Å²) in [5, 5.41) is 9.59. The minimum absolute atomic E-state index is 0.0497. The molecular weight excluding hydrogens is 276 g/mol. The second-order valence-corrected chi connectivity index (χ2v) is 7.63. The third kappa shape index (κ3) is 2.27. The van der Waals surface area contributed by atoms with Crippen molar-refractivity contribution in [3.63, 3.8) is 0 Å². The number of rotatable bonds is 3. The number of thiazole rings is 1. The van der Waals surface area contributed by atoms with Gasteiger partial charge >= 0.3 is 5.97 Å². The number of carboxylic acids is 1. The molecule has 2 heterocycles. The van der Waals surface area contributed by atoms with Crippen molar-refractivity contribution in [2.45, 2.75) is 24.5 Å². The van der Waals surface area contributed by atoms with Gasteiger partial charge in [-0.15, -0.1) is 11.3 Å². The third-order valence-corrected chi connectivity index (χ3v) is 6.46. The molecule has 1 N–H and O–H groups in total. The van der Waals surface area contributed by atoms with Crippen LogP contribution >= 0.6 is 11.3 Å². The number of nitrogens with zero attached hydrogens (tertiary/aromatic N) is 2. The number of aromatic nitrogens is 1. The van der Waals surface area contributed by atoms with E-state index in [4.69, 9.17) is 5.11 Å². The number of carboxylic acid groups (broad SMARTS) is 1. The minimum atomic E-state index is -3.59. The highest BCUT2D eigenvalue weighted by Crippen LogP contribution is 2.30. The van der Waals surface area contributed by atoms with Crippen LogP contribution in [0, 0.1) is 19.8 Å². The fourth-order valence-corrected chi connectivity index (χ4v) is 5.14. The van der Waals surface area contributed by atoms with Crippen LogP contribution in [0.3, 0.4) is 0 Å². The Labute approximate surface area is 109 Å². The number of sulfonamides is 1. The Morgan fingerprint density at radius 1 is 1.50 bits per heavy atom. The van der Waals surface area contributed by atoms with Gasteiger partial charge in [0, 0.05) is 13.1 Å². The molecule has 0 bridgehead atoms. The summed E-state index contributed by atoms with van der Waals surface area (Å²) in [6, 6.07) is 0. The average Bonchev–Trinajstić information content (AvgIpc) is 2.85. The molecule has 1 atom stereocenters. The quantitative estimate of drug-likeness (QED) is 0.892. The molecule has 1 fully saturated rings. The maximum atomic E-state index is 12.3. The average molecular weight is 290 g/mol. The van der Waals surface area contributed by atoms with Crippen molar-refractivity contribution in [1.82, 2.24) is 9.29 Å². The summed E-state index contributed by atoms with van der Waals surface area (Å²) in [5.41, 5.74) is 0.483. The van der Waals surface area contributed by atoms with Crippen molar-refractivity contribution in [2.24, 2.45) is 5.92 Å². The SMILES string of the molecule is Cc1nc(C)c(S(=O)(=O)N2CCC(C(=O)O)C2)s1. The van der Waals surface area contributed by atoms with Gasteiger partial charge in [0.25, 0.3) is 10.0 Å². The van der Waals surface area contributed by atoms with Crippen LogP contribution in [0.2, 0.25) is 0 Å². The van der Waals surface area contributed by atoms with E-state index in [1.54, 1.807) is 13.8 Å². The summed E-state index contributed by atoms with van der Waals surface area (Å²) in [5.74, 6) is -1.54. The second kappa shape index (κ2) is 4.60. The molecule has 1 aromatic heterocycles. The zero-order chi connectivity index (χ0) is 13.5. The van der Waals surface area contributed by atoms with Crippen molar-refractivity contribution in [3.05, 3.63) is 10.7 Å². The van der Waals surface area contributed by atoms with Crippen LogP contribution < -0.4 is 0 Å². The molecule has 100 valence electrons. The summed E-state index contributed by atoms with van der Waals surface area (Å²) in [4.78, 5) is 14.9. The third-order valence-electron chi connectivity index (χ3n) is 2.94. The molecule has 0 aliphatic carbocycles. The van der Waals surface area contributed by atoms with Gasteiger partial charge in [0.1, 0.15) is 0 Å². The van der Waals surface area contributed by atoms with E-state index in [1.807, 2.05) is 0 Å². The zero-order valence-electron chi connectivity index (χ0n) is 10.1. The minimum Gasteiger partial charge on any atom is -0.481 e. The van der Waals surface area contributed by atoms with Gasteiger partial charge in [0.05, 0.1) is 16.6 Å². The lowest BCUT2D eigenvalue weighted by Gasteiger charge is -2.14. The first-order valence-electron chi connectivity index (χ1n) is 5.49. The molecule has 1 saturated heterocycles. The van der Waals surface area contributed by atoms with E-state index in [0.717, 1.165) is 11.3 Å². The predicted octanol–water partition coefficient (Wildman–Crippen LogP) is 0.855. The zero-order valence-corrected chi connectivity index (χ0v) is 11.7. The first-order chi connectivity index (χ1) is 8.32. The summed E-state index contributed by atoms with van der Waals surface area (Å²) in [6.07, 6.45) is 0.366. The molecule has 1 aliphatic heterocycles. The van der Waals surface area contributed by atoms with Crippen LogP contribution in [0.15, 0.2) is 4.21 Å². The number of hydrogen-bond acceptors (Lipinski definition) is 5. The van der Waals surface area contributed by atoms with Crippen LogP contribution in [0.1, 0.15) is 17.1 Å². The Kier molecular flexibility index (Phi) is 3.43. The molecule has 8 heteroatoms. The fraction of sp³-hybridized carbons (Fsp3) is 0.600. The molecule has 1 aliphatic rings. The summed E-state index contributed by atoms with van der Waals surface area (Å²) < 4.78 is 26.1. The van der Waals surface area contributed by atoms with Crippen LogP contribution in [0.5, 0.6) is 0 Å². The van der Waals surface area contributed by atoms with Gasteiger partial charge in [-0.3, -0.25) is 4.79 Å². The normalized spacial score (nSPS) is 21.3. The molecule has 1 aromatic rings. The first kappa shape index (κ1) is 13.4. The van der Waals surface area contributed by atoms with Gasteiger partial charge in [-0.2, -0.15) is 4.31 Å². The Bertz CT molecular complexity index is 579. The Morgan fingerprint density at radius 3 is 2.61 bits per heavy atom. The van der Waals surface area contributed by atoms with Gasteiger partial charge in [-0.05, 0) is 20.3 Å². The summed E-state index contributed by atoms with van der Waals surface area (Å²) >= 11 is 1.13. The smallest absolute Gasteiger partial charge is 0.307 e. The van der Waals surface area contributed by atoms with Crippen molar-refractivity contribution in [2.75, 3.05) is 13.1 Å². The standard InChI is InChI=1S/C10H14N2O4S2/c1-6-10(17-7(2)11-6)18(15,16)12-4-3-8(5-12)9(13)14/h8H,3-5H2,1-2H3,(H,13,14). The largest absolute Gasteiger partial charge is 0.481 e. The lowest BCUT2D eigenvalue weighted by molar-refractivity contribution is -0.141. The monoisotopic (exact) mass is 290 g/mol. The second-order valence-electron chi connectivity index (χ2n) is 4.29. The molecule has 0 saturated carbocycles. The first-order valence-corrected chi connectivity index (χ1v) is 7.75. The summed E-state index contributed by atoms with van der Waals surface area (Å²) in [6.45, 7) is 3.71. The van der Waals surface area contributed by atoms with Crippen LogP contribution in [-0.2, 0) is 14.8 Å². The molecular formula is C10H14N2O4S2. The predicted molar refractivity (Wildman–Crippen MR) is 66.1 cm³/mol. The van der Waals surface area contributed by atoms with E-state index in [2.05, 4.69) is 4.98 Å². The van der Waals surface area contributed by atoms with Crippen LogP contribution in [0.4, 0.5) is 0 Å². The maximum Gasteiger partial charge on any atom is 0.307 e. The lowest BCUT2D eigenvalue weighted by Crippen LogP contribution is -2.30. The van der Waals surface area contributed by atoms with Gasteiger partial charge in [-0.25, -0.2) is 13.4 Å². The number of hydrogen-bond donors (Lipinski definition) is 1. The highest BCUT2D eigenvalue weighted by atomic mass is 32.2. The molecule has 1 unspecified atom stereocenters. The van der Waals surface area contributed by atoms with Crippen molar-refractivity contribution in [1.29, 1.82) is 0 Å². The van der Waals surface area contributed by atoms with E-state index in [9.17, 15) is 13.2 Å². The Morgan fingerprint density at radius 2 is 2.17 bits per heavy atom. The van der Waals surface area contributed by atoms with Crippen LogP contribution in [-0.4, -0.2) is 41.9 Å². The molecule has 18 heavy (non-hydrogen) atoms. The number of aliphatic carboxylic acids is 1. The molecule has 0 spiro atoms.